The van der Waals surface area contributed by atoms with Gasteiger partial charge in [0.05, 0.1) is 5.71 Å². The molecule has 0 unspecified atom stereocenters. The summed E-state index contributed by atoms with van der Waals surface area (Å²) >= 11 is 0. The third kappa shape index (κ3) is 1.72. The minimum Gasteiger partial charge on any atom is -0.411 e. The predicted octanol–water partition coefficient (Wildman–Crippen LogP) is 2.27. The van der Waals surface area contributed by atoms with Crippen LogP contribution in [0.4, 0.5) is 0 Å². The Hall–Kier alpha value is -0.530. The van der Waals surface area contributed by atoms with Crippen molar-refractivity contribution in [3.63, 3.8) is 0 Å². The Bertz CT molecular complexity index is 130. The smallest absolute Gasteiger partial charge is 0.0576 e. The molecule has 10 heavy (non-hydrogen) atoms. The highest BCUT2D eigenvalue weighted by atomic mass is 16.4. The van der Waals surface area contributed by atoms with Crippen molar-refractivity contribution in [2.45, 2.75) is 33.1 Å². The molecule has 0 aromatic carbocycles. The van der Waals surface area contributed by atoms with Gasteiger partial charge in [-0.25, -0.2) is 0 Å². The monoisotopic (exact) mass is 141 g/mol. The predicted molar refractivity (Wildman–Crippen MR) is 41.4 cm³/mol. The lowest BCUT2D eigenvalue weighted by atomic mass is 9.82. The number of hydrogen-bond donors (Lipinski definition) is 1. The molecular weight excluding hydrogens is 126 g/mol. The Morgan fingerprint density at radius 3 is 2.20 bits per heavy atom. The molecule has 0 bridgehead atoms. The number of hydrogen-bond acceptors (Lipinski definition) is 2. The summed E-state index contributed by atoms with van der Waals surface area (Å²) < 4.78 is 0. The SMILES string of the molecule is C[C@@H]1CC(=NO)C[C@H](C)C1. The van der Waals surface area contributed by atoms with E-state index in [0.717, 1.165) is 18.6 Å². The van der Waals surface area contributed by atoms with E-state index in [2.05, 4.69) is 19.0 Å². The van der Waals surface area contributed by atoms with Crippen LogP contribution in [0.5, 0.6) is 0 Å². The first-order chi connectivity index (χ1) is 4.72. The highest BCUT2D eigenvalue weighted by Gasteiger charge is 2.19. The first kappa shape index (κ1) is 7.58. The van der Waals surface area contributed by atoms with Gasteiger partial charge in [0.1, 0.15) is 0 Å². The van der Waals surface area contributed by atoms with Crippen LogP contribution < -0.4 is 0 Å². The second kappa shape index (κ2) is 3.04. The van der Waals surface area contributed by atoms with Crippen molar-refractivity contribution in [3.05, 3.63) is 0 Å². The number of oxime groups is 1. The average molecular weight is 141 g/mol. The Kier molecular flexibility index (Phi) is 2.30. The Labute approximate surface area is 61.9 Å². The van der Waals surface area contributed by atoms with Crippen LogP contribution in [0.25, 0.3) is 0 Å². The summed E-state index contributed by atoms with van der Waals surface area (Å²) in [5.74, 6) is 1.41. The minimum absolute atomic E-state index is 0.703. The van der Waals surface area contributed by atoms with Crippen LogP contribution in [0.3, 0.4) is 0 Å². The molecule has 1 aliphatic carbocycles. The van der Waals surface area contributed by atoms with Crippen molar-refractivity contribution in [2.24, 2.45) is 17.0 Å². The Balaban J connectivity index is 2.51. The molecule has 1 aliphatic rings. The minimum atomic E-state index is 0.703. The van der Waals surface area contributed by atoms with Crippen molar-refractivity contribution in [2.75, 3.05) is 0 Å². The maximum atomic E-state index is 8.51. The van der Waals surface area contributed by atoms with E-state index >= 15 is 0 Å². The summed E-state index contributed by atoms with van der Waals surface area (Å²) in [6.07, 6.45) is 3.25. The molecule has 58 valence electrons. The van der Waals surface area contributed by atoms with Gasteiger partial charge in [-0.15, -0.1) is 0 Å². The zero-order chi connectivity index (χ0) is 7.56. The van der Waals surface area contributed by atoms with E-state index in [1.165, 1.54) is 6.42 Å². The fourth-order valence-corrected chi connectivity index (χ4v) is 1.82. The third-order valence-electron chi connectivity index (χ3n) is 2.11. The standard InChI is InChI=1S/C8H15NO/c1-6-3-7(2)5-8(4-6)9-10/h6-7,10H,3-5H2,1-2H3/t6-,7+. The topological polar surface area (TPSA) is 32.6 Å². The van der Waals surface area contributed by atoms with E-state index in [1.54, 1.807) is 0 Å². The Morgan fingerprint density at radius 2 is 1.80 bits per heavy atom. The van der Waals surface area contributed by atoms with Gasteiger partial charge in [0, 0.05) is 0 Å². The highest BCUT2D eigenvalue weighted by Crippen LogP contribution is 2.26. The van der Waals surface area contributed by atoms with Gasteiger partial charge in [-0.05, 0) is 31.1 Å². The van der Waals surface area contributed by atoms with Crippen LogP contribution in [-0.2, 0) is 0 Å². The first-order valence-electron chi connectivity index (χ1n) is 3.92. The van der Waals surface area contributed by atoms with Crippen LogP contribution in [0.2, 0.25) is 0 Å². The van der Waals surface area contributed by atoms with E-state index in [-0.39, 0.29) is 0 Å². The fraction of sp³-hybridized carbons (Fsp3) is 0.875. The Morgan fingerprint density at radius 1 is 1.30 bits per heavy atom. The molecule has 1 N–H and O–H groups in total. The van der Waals surface area contributed by atoms with E-state index < -0.39 is 0 Å². The maximum Gasteiger partial charge on any atom is 0.0576 e. The number of nitrogens with zero attached hydrogens (tertiary/aromatic N) is 1. The van der Waals surface area contributed by atoms with E-state index in [1.807, 2.05) is 0 Å². The molecule has 0 amide bonds. The molecule has 0 saturated heterocycles. The molecule has 0 aromatic heterocycles. The molecule has 1 saturated carbocycles. The van der Waals surface area contributed by atoms with Gasteiger partial charge < -0.3 is 5.21 Å². The summed E-state index contributed by atoms with van der Waals surface area (Å²) in [7, 11) is 0. The molecule has 0 aliphatic heterocycles. The van der Waals surface area contributed by atoms with E-state index in [0.29, 0.717) is 11.8 Å². The molecule has 1 fully saturated rings. The van der Waals surface area contributed by atoms with Crippen LogP contribution in [0.1, 0.15) is 33.1 Å². The maximum absolute atomic E-state index is 8.51. The van der Waals surface area contributed by atoms with Gasteiger partial charge in [-0.2, -0.15) is 0 Å². The molecule has 2 nitrogen and oxygen atoms in total. The lowest BCUT2D eigenvalue weighted by molar-refractivity contribution is 0.304. The van der Waals surface area contributed by atoms with E-state index in [4.69, 9.17) is 5.21 Å². The van der Waals surface area contributed by atoms with Gasteiger partial charge in [0.15, 0.2) is 0 Å². The molecule has 1 rings (SSSR count). The molecular formula is C8H15NO. The van der Waals surface area contributed by atoms with Gasteiger partial charge in [-0.1, -0.05) is 19.0 Å². The lowest BCUT2D eigenvalue weighted by Crippen LogP contribution is -2.19. The van der Waals surface area contributed by atoms with Gasteiger partial charge in [0.25, 0.3) is 0 Å². The zero-order valence-electron chi connectivity index (χ0n) is 6.67. The van der Waals surface area contributed by atoms with Crippen molar-refractivity contribution in [3.8, 4) is 0 Å². The van der Waals surface area contributed by atoms with Crippen LogP contribution in [0.15, 0.2) is 5.16 Å². The van der Waals surface area contributed by atoms with Crippen LogP contribution >= 0.6 is 0 Å². The quantitative estimate of drug-likeness (QED) is 0.407. The third-order valence-corrected chi connectivity index (χ3v) is 2.11. The first-order valence-corrected chi connectivity index (χ1v) is 3.92. The molecule has 0 aromatic rings. The largest absolute Gasteiger partial charge is 0.411 e. The molecule has 0 spiro atoms. The van der Waals surface area contributed by atoms with Crippen molar-refractivity contribution in [1.29, 1.82) is 0 Å². The summed E-state index contributed by atoms with van der Waals surface area (Å²) in [5, 5.41) is 11.8. The van der Waals surface area contributed by atoms with Gasteiger partial charge in [-0.3, -0.25) is 0 Å². The summed E-state index contributed by atoms with van der Waals surface area (Å²) in [4.78, 5) is 0. The second-order valence-electron chi connectivity index (χ2n) is 3.52. The van der Waals surface area contributed by atoms with Gasteiger partial charge in [0.2, 0.25) is 0 Å². The van der Waals surface area contributed by atoms with E-state index in [9.17, 15) is 0 Å². The normalized spacial score (nSPS) is 38.4. The average Bonchev–Trinajstić information content (AvgIpc) is 1.85. The molecule has 2 heteroatoms. The van der Waals surface area contributed by atoms with Crippen LogP contribution in [0, 0.1) is 11.8 Å². The van der Waals surface area contributed by atoms with Crippen LogP contribution in [-0.4, -0.2) is 10.9 Å². The zero-order valence-corrected chi connectivity index (χ0v) is 6.67. The van der Waals surface area contributed by atoms with Crippen molar-refractivity contribution in [1.82, 2.24) is 0 Å². The highest BCUT2D eigenvalue weighted by molar-refractivity contribution is 5.84. The van der Waals surface area contributed by atoms with Crippen molar-refractivity contribution < 1.29 is 5.21 Å². The molecule has 2 atom stereocenters. The molecule has 0 radical (unpaired) electrons. The summed E-state index contributed by atoms with van der Waals surface area (Å²) in [6.45, 7) is 4.42. The fourth-order valence-electron chi connectivity index (χ4n) is 1.82. The molecule has 0 heterocycles. The van der Waals surface area contributed by atoms with Crippen molar-refractivity contribution >= 4 is 5.71 Å². The lowest BCUT2D eigenvalue weighted by Gasteiger charge is -2.23. The summed E-state index contributed by atoms with van der Waals surface area (Å²) in [5.41, 5.74) is 0.978. The second-order valence-corrected chi connectivity index (χ2v) is 3.52. The number of rotatable bonds is 0. The summed E-state index contributed by atoms with van der Waals surface area (Å²) in [6, 6.07) is 0. The van der Waals surface area contributed by atoms with Gasteiger partial charge >= 0.3 is 0 Å².